The Morgan fingerprint density at radius 1 is 1.04 bits per heavy atom. The average Bonchev–Trinajstić information content (AvgIpc) is 2.65. The summed E-state index contributed by atoms with van der Waals surface area (Å²) < 4.78 is 4.85. The van der Waals surface area contributed by atoms with Gasteiger partial charge in [-0.05, 0) is 64.4 Å². The van der Waals surface area contributed by atoms with E-state index >= 15 is 0 Å². The number of methoxy groups -OCH3 is 1. The van der Waals surface area contributed by atoms with Crippen molar-refractivity contribution < 1.29 is 14.6 Å². The highest BCUT2D eigenvalue weighted by Crippen LogP contribution is 2.35. The largest absolute Gasteiger partial charge is 0.508 e. The first-order valence-corrected chi connectivity index (χ1v) is 9.57. The van der Waals surface area contributed by atoms with E-state index in [0.29, 0.717) is 17.6 Å². The molecule has 2 rings (SSSR count). The van der Waals surface area contributed by atoms with Crippen LogP contribution < -0.4 is 0 Å². The summed E-state index contributed by atoms with van der Waals surface area (Å²) in [5.41, 5.74) is 2.34. The van der Waals surface area contributed by atoms with Gasteiger partial charge in [-0.2, -0.15) is 0 Å². The molecule has 0 aromatic heterocycles. The lowest BCUT2D eigenvalue weighted by Gasteiger charge is -2.32. The molecular weight excluding hydrogens is 338 g/mol. The molecule has 0 spiro atoms. The number of phenolic OH excluding ortho intramolecular Hbond substituents is 1. The van der Waals surface area contributed by atoms with Gasteiger partial charge >= 0.3 is 5.97 Å². The van der Waals surface area contributed by atoms with E-state index in [2.05, 4.69) is 44.7 Å². The van der Waals surface area contributed by atoms with Gasteiger partial charge in [0.25, 0.3) is 0 Å². The Balaban J connectivity index is 2.41. The zero-order valence-electron chi connectivity index (χ0n) is 17.0. The van der Waals surface area contributed by atoms with Crippen LogP contribution in [0.5, 0.6) is 5.75 Å². The van der Waals surface area contributed by atoms with E-state index < -0.39 is 5.97 Å². The minimum Gasteiger partial charge on any atom is -0.508 e. The molecule has 0 saturated carbocycles. The molecule has 0 bridgehead atoms. The maximum absolute atomic E-state index is 12.0. The third-order valence-corrected chi connectivity index (χ3v) is 5.03. The van der Waals surface area contributed by atoms with E-state index in [1.165, 1.54) is 7.11 Å². The quantitative estimate of drug-likeness (QED) is 0.678. The summed E-state index contributed by atoms with van der Waals surface area (Å²) in [7, 11) is 1.37. The van der Waals surface area contributed by atoms with Gasteiger partial charge in [-0.3, -0.25) is 4.90 Å². The van der Waals surface area contributed by atoms with Crippen molar-refractivity contribution in [3.8, 4) is 5.75 Å². The lowest BCUT2D eigenvalue weighted by Crippen LogP contribution is -2.38. The third kappa shape index (κ3) is 5.33. The molecule has 2 aromatic carbocycles. The zero-order chi connectivity index (χ0) is 20.0. The number of nitrogens with zero attached hydrogens (tertiary/aromatic N) is 1. The highest BCUT2D eigenvalue weighted by atomic mass is 16.5. The monoisotopic (exact) mass is 369 g/mol. The Hall–Kier alpha value is -2.33. The first-order chi connectivity index (χ1) is 12.8. The van der Waals surface area contributed by atoms with Crippen molar-refractivity contribution in [3.05, 3.63) is 65.2 Å². The van der Waals surface area contributed by atoms with Gasteiger partial charge in [0.15, 0.2) is 0 Å². The van der Waals surface area contributed by atoms with Crippen LogP contribution >= 0.6 is 0 Å². The molecule has 0 heterocycles. The summed E-state index contributed by atoms with van der Waals surface area (Å²) in [6, 6.07) is 16.0. The van der Waals surface area contributed by atoms with Gasteiger partial charge in [0.2, 0.25) is 0 Å². The third-order valence-electron chi connectivity index (χ3n) is 5.03. The van der Waals surface area contributed by atoms with E-state index in [-0.39, 0.29) is 11.7 Å². The van der Waals surface area contributed by atoms with Crippen molar-refractivity contribution in [3.63, 3.8) is 0 Å². The molecule has 4 heteroatoms. The molecule has 4 nitrogen and oxygen atoms in total. The lowest BCUT2D eigenvalue weighted by molar-refractivity contribution is 0.0600. The second-order valence-electron chi connectivity index (χ2n) is 7.44. The minimum atomic E-state index is -0.394. The SMILES string of the molecule is COC(=O)c1ccc(O)c([C@@H](CCN(C(C)C)C(C)C)c2ccccc2)c1. The number of aromatic hydroxyl groups is 1. The normalized spacial score (nSPS) is 12.6. The van der Waals surface area contributed by atoms with E-state index in [1.54, 1.807) is 18.2 Å². The molecular formula is C23H31NO3. The number of rotatable bonds is 8. The average molecular weight is 370 g/mol. The number of carbonyl (C=O) groups excluding carboxylic acids is 1. The Labute approximate surface area is 162 Å². The molecule has 0 aliphatic rings. The van der Waals surface area contributed by atoms with Crippen LogP contribution in [0.15, 0.2) is 48.5 Å². The highest BCUT2D eigenvalue weighted by molar-refractivity contribution is 5.89. The Morgan fingerprint density at radius 2 is 1.67 bits per heavy atom. The van der Waals surface area contributed by atoms with E-state index in [9.17, 15) is 9.90 Å². The number of hydrogen-bond donors (Lipinski definition) is 1. The van der Waals surface area contributed by atoms with Crippen LogP contribution in [0.3, 0.4) is 0 Å². The molecule has 0 aliphatic heterocycles. The number of phenols is 1. The molecule has 0 fully saturated rings. The fourth-order valence-corrected chi connectivity index (χ4v) is 3.66. The van der Waals surface area contributed by atoms with Crippen LogP contribution in [0.25, 0.3) is 0 Å². The first-order valence-electron chi connectivity index (χ1n) is 9.57. The van der Waals surface area contributed by atoms with Gasteiger partial charge in [-0.25, -0.2) is 4.79 Å². The Kier molecular flexibility index (Phi) is 7.43. The van der Waals surface area contributed by atoms with Crippen LogP contribution in [-0.4, -0.2) is 41.7 Å². The standard InChI is InChI=1S/C23H31NO3/c1-16(2)24(17(3)4)14-13-20(18-9-7-6-8-10-18)21-15-19(23(26)27-5)11-12-22(21)25/h6-12,15-17,20,25H,13-14H2,1-5H3/t20-/m0/s1. The fraction of sp³-hybridized carbons (Fsp3) is 0.435. The van der Waals surface area contributed by atoms with Crippen LogP contribution in [0.2, 0.25) is 0 Å². The summed E-state index contributed by atoms with van der Waals surface area (Å²) in [4.78, 5) is 14.4. The Morgan fingerprint density at radius 3 is 2.22 bits per heavy atom. The molecule has 146 valence electrons. The van der Waals surface area contributed by atoms with Crippen LogP contribution in [0, 0.1) is 0 Å². The molecule has 1 atom stereocenters. The number of carbonyl (C=O) groups is 1. The zero-order valence-corrected chi connectivity index (χ0v) is 17.0. The van der Waals surface area contributed by atoms with E-state index in [4.69, 9.17) is 4.74 Å². The van der Waals surface area contributed by atoms with Gasteiger partial charge in [-0.1, -0.05) is 30.3 Å². The summed E-state index contributed by atoms with van der Waals surface area (Å²) in [5.74, 6) is -0.193. The van der Waals surface area contributed by atoms with E-state index in [1.807, 2.05) is 18.2 Å². The molecule has 0 amide bonds. The van der Waals surface area contributed by atoms with Crippen LogP contribution in [0.1, 0.15) is 61.5 Å². The summed E-state index contributed by atoms with van der Waals surface area (Å²) >= 11 is 0. The second kappa shape index (κ2) is 9.56. The lowest BCUT2D eigenvalue weighted by atomic mass is 9.86. The van der Waals surface area contributed by atoms with Crippen molar-refractivity contribution in [2.75, 3.05) is 13.7 Å². The molecule has 1 N–H and O–H groups in total. The number of esters is 1. The molecule has 27 heavy (non-hydrogen) atoms. The predicted molar refractivity (Wildman–Crippen MR) is 109 cm³/mol. The molecule has 0 unspecified atom stereocenters. The molecule has 0 radical (unpaired) electrons. The van der Waals surface area contributed by atoms with Crippen molar-refractivity contribution in [1.29, 1.82) is 0 Å². The Bertz CT molecular complexity index is 733. The van der Waals surface area contributed by atoms with Crippen molar-refractivity contribution in [1.82, 2.24) is 4.90 Å². The van der Waals surface area contributed by atoms with E-state index in [0.717, 1.165) is 24.1 Å². The minimum absolute atomic E-state index is 0.00388. The number of ether oxygens (including phenoxy) is 1. The maximum Gasteiger partial charge on any atom is 0.337 e. The topological polar surface area (TPSA) is 49.8 Å². The number of benzene rings is 2. The van der Waals surface area contributed by atoms with Crippen LogP contribution in [-0.2, 0) is 4.74 Å². The summed E-state index contributed by atoms with van der Waals surface area (Å²) in [6.07, 6.45) is 0.846. The van der Waals surface area contributed by atoms with Gasteiger partial charge in [0, 0.05) is 23.6 Å². The van der Waals surface area contributed by atoms with Gasteiger partial charge < -0.3 is 9.84 Å². The highest BCUT2D eigenvalue weighted by Gasteiger charge is 2.22. The van der Waals surface area contributed by atoms with Crippen molar-refractivity contribution in [2.45, 2.75) is 52.1 Å². The predicted octanol–water partition coefficient (Wildman–Crippen LogP) is 4.82. The van der Waals surface area contributed by atoms with Gasteiger partial charge in [0.1, 0.15) is 5.75 Å². The van der Waals surface area contributed by atoms with Gasteiger partial charge in [-0.15, -0.1) is 0 Å². The first kappa shape index (κ1) is 21.0. The molecule has 0 saturated heterocycles. The van der Waals surface area contributed by atoms with Crippen LogP contribution in [0.4, 0.5) is 0 Å². The van der Waals surface area contributed by atoms with Crippen molar-refractivity contribution in [2.24, 2.45) is 0 Å². The van der Waals surface area contributed by atoms with Gasteiger partial charge in [0.05, 0.1) is 12.7 Å². The molecule has 2 aromatic rings. The summed E-state index contributed by atoms with van der Waals surface area (Å²) in [6.45, 7) is 9.70. The number of hydrogen-bond acceptors (Lipinski definition) is 4. The molecule has 0 aliphatic carbocycles. The summed E-state index contributed by atoms with van der Waals surface area (Å²) in [5, 5.41) is 10.5. The van der Waals surface area contributed by atoms with Crippen molar-refractivity contribution >= 4 is 5.97 Å². The second-order valence-corrected chi connectivity index (χ2v) is 7.44. The smallest absolute Gasteiger partial charge is 0.337 e. The fourth-order valence-electron chi connectivity index (χ4n) is 3.66. The maximum atomic E-state index is 12.0.